The van der Waals surface area contributed by atoms with Gasteiger partial charge in [0.15, 0.2) is 11.0 Å². The predicted molar refractivity (Wildman–Crippen MR) is 135 cm³/mol. The molecule has 0 unspecified atom stereocenters. The molecule has 1 amide bonds. The summed E-state index contributed by atoms with van der Waals surface area (Å²) in [5, 5.41) is 12.7. The Morgan fingerprint density at radius 3 is 2.50 bits per heavy atom. The summed E-state index contributed by atoms with van der Waals surface area (Å²) in [5.41, 5.74) is 2.39. The number of carbonyl (C=O) groups excluding carboxylic acids is 1. The number of amides is 1. The molecule has 3 aromatic carbocycles. The first kappa shape index (κ1) is 23.7. The smallest absolute Gasteiger partial charge is 0.234 e. The molecule has 0 aliphatic carbocycles. The van der Waals surface area contributed by atoms with E-state index < -0.39 is 0 Å². The quantitative estimate of drug-likeness (QED) is 0.299. The molecule has 0 aliphatic heterocycles. The van der Waals surface area contributed by atoms with Gasteiger partial charge in [0.25, 0.3) is 0 Å². The van der Waals surface area contributed by atoms with Crippen LogP contribution >= 0.6 is 23.4 Å². The van der Waals surface area contributed by atoms with E-state index in [0.717, 1.165) is 17.0 Å². The molecule has 34 heavy (non-hydrogen) atoms. The predicted octanol–water partition coefficient (Wildman–Crippen LogP) is 5.73. The number of methoxy groups -OCH3 is 1. The Hall–Kier alpha value is -3.49. The maximum Gasteiger partial charge on any atom is 0.234 e. The summed E-state index contributed by atoms with van der Waals surface area (Å²) < 4.78 is 12.7. The standard InChI is InChI=1S/C25H23ClN4O3S/c1-3-33-20-12-10-19(11-13-20)30-24(17-7-5-4-6-8-17)28-29-25(30)34-16-23(31)27-18-9-14-22(32-2)21(26)15-18/h4-15H,3,16H2,1-2H3,(H,27,31). The number of halogens is 1. The molecule has 0 spiro atoms. The number of ether oxygens (including phenoxy) is 2. The van der Waals surface area contributed by atoms with Crippen molar-refractivity contribution in [2.24, 2.45) is 0 Å². The maximum absolute atomic E-state index is 12.6. The average Bonchev–Trinajstić information content (AvgIpc) is 3.28. The number of hydrogen-bond acceptors (Lipinski definition) is 6. The molecule has 4 aromatic rings. The third-order valence-electron chi connectivity index (χ3n) is 4.84. The van der Waals surface area contributed by atoms with Crippen LogP contribution in [0, 0.1) is 0 Å². The fourth-order valence-corrected chi connectivity index (χ4v) is 4.31. The Kier molecular flexibility index (Phi) is 7.72. The van der Waals surface area contributed by atoms with E-state index in [1.54, 1.807) is 25.3 Å². The van der Waals surface area contributed by atoms with Crippen molar-refractivity contribution in [3.63, 3.8) is 0 Å². The fourth-order valence-electron chi connectivity index (χ4n) is 3.30. The zero-order chi connectivity index (χ0) is 23.9. The van der Waals surface area contributed by atoms with Gasteiger partial charge in [0.05, 0.1) is 24.5 Å². The second-order valence-corrected chi connectivity index (χ2v) is 8.47. The van der Waals surface area contributed by atoms with Crippen LogP contribution < -0.4 is 14.8 Å². The number of benzene rings is 3. The van der Waals surface area contributed by atoms with Gasteiger partial charge in [0.2, 0.25) is 5.91 Å². The molecule has 0 saturated carbocycles. The van der Waals surface area contributed by atoms with E-state index in [0.29, 0.717) is 34.0 Å². The summed E-state index contributed by atoms with van der Waals surface area (Å²) in [6, 6.07) is 22.6. The monoisotopic (exact) mass is 494 g/mol. The molecule has 174 valence electrons. The lowest BCUT2D eigenvalue weighted by atomic mass is 10.2. The van der Waals surface area contributed by atoms with E-state index in [1.807, 2.05) is 66.1 Å². The van der Waals surface area contributed by atoms with Crippen molar-refractivity contribution in [1.82, 2.24) is 14.8 Å². The van der Waals surface area contributed by atoms with E-state index >= 15 is 0 Å². The van der Waals surface area contributed by atoms with Gasteiger partial charge in [0.1, 0.15) is 11.5 Å². The van der Waals surface area contributed by atoms with Gasteiger partial charge in [-0.05, 0) is 49.4 Å². The molecule has 0 aliphatic rings. The normalized spacial score (nSPS) is 10.7. The maximum atomic E-state index is 12.6. The molecule has 0 saturated heterocycles. The minimum atomic E-state index is -0.186. The number of aromatic nitrogens is 3. The molecule has 4 rings (SSSR count). The zero-order valence-electron chi connectivity index (χ0n) is 18.7. The average molecular weight is 495 g/mol. The van der Waals surface area contributed by atoms with Crippen LogP contribution in [0.3, 0.4) is 0 Å². The van der Waals surface area contributed by atoms with Crippen molar-refractivity contribution in [2.75, 3.05) is 24.8 Å². The van der Waals surface area contributed by atoms with Crippen molar-refractivity contribution >= 4 is 35.0 Å². The van der Waals surface area contributed by atoms with E-state index in [2.05, 4.69) is 15.5 Å². The lowest BCUT2D eigenvalue weighted by molar-refractivity contribution is -0.113. The second-order valence-electron chi connectivity index (χ2n) is 7.12. The summed E-state index contributed by atoms with van der Waals surface area (Å²) in [6.45, 7) is 2.54. The SMILES string of the molecule is CCOc1ccc(-n2c(SCC(=O)Nc3ccc(OC)c(Cl)c3)nnc2-c2ccccc2)cc1. The van der Waals surface area contributed by atoms with Crippen LogP contribution in [-0.4, -0.2) is 40.1 Å². The first-order valence-electron chi connectivity index (χ1n) is 10.6. The van der Waals surface area contributed by atoms with Crippen LogP contribution in [0.1, 0.15) is 6.92 Å². The van der Waals surface area contributed by atoms with E-state index in [1.165, 1.54) is 11.8 Å². The van der Waals surface area contributed by atoms with Crippen molar-refractivity contribution in [2.45, 2.75) is 12.1 Å². The van der Waals surface area contributed by atoms with Crippen LogP contribution in [0.2, 0.25) is 5.02 Å². The van der Waals surface area contributed by atoms with E-state index in [9.17, 15) is 4.79 Å². The Morgan fingerprint density at radius 1 is 1.06 bits per heavy atom. The Labute approximate surface area is 207 Å². The van der Waals surface area contributed by atoms with Crippen molar-refractivity contribution in [3.05, 3.63) is 77.8 Å². The Bertz CT molecular complexity index is 1260. The van der Waals surface area contributed by atoms with Crippen molar-refractivity contribution in [1.29, 1.82) is 0 Å². The highest BCUT2D eigenvalue weighted by Gasteiger charge is 2.17. The largest absolute Gasteiger partial charge is 0.495 e. The highest BCUT2D eigenvalue weighted by atomic mass is 35.5. The minimum absolute atomic E-state index is 0.146. The highest BCUT2D eigenvalue weighted by molar-refractivity contribution is 7.99. The summed E-state index contributed by atoms with van der Waals surface area (Å²) in [4.78, 5) is 12.6. The first-order chi connectivity index (χ1) is 16.6. The van der Waals surface area contributed by atoms with Gasteiger partial charge in [-0.2, -0.15) is 0 Å². The highest BCUT2D eigenvalue weighted by Crippen LogP contribution is 2.30. The molecule has 9 heteroatoms. The molecule has 1 heterocycles. The van der Waals surface area contributed by atoms with Gasteiger partial charge in [0, 0.05) is 16.9 Å². The number of nitrogens with zero attached hydrogens (tertiary/aromatic N) is 3. The first-order valence-corrected chi connectivity index (χ1v) is 12.0. The number of hydrogen-bond donors (Lipinski definition) is 1. The molecular formula is C25H23ClN4O3S. The van der Waals surface area contributed by atoms with Crippen LogP contribution in [0.25, 0.3) is 17.1 Å². The molecule has 0 atom stereocenters. The summed E-state index contributed by atoms with van der Waals surface area (Å²) in [7, 11) is 1.54. The van der Waals surface area contributed by atoms with Gasteiger partial charge in [-0.25, -0.2) is 0 Å². The van der Waals surface area contributed by atoms with Gasteiger partial charge in [-0.3, -0.25) is 9.36 Å². The Balaban J connectivity index is 1.56. The lowest BCUT2D eigenvalue weighted by Gasteiger charge is -2.12. The van der Waals surface area contributed by atoms with Crippen molar-refractivity contribution in [3.8, 4) is 28.6 Å². The Morgan fingerprint density at radius 2 is 1.82 bits per heavy atom. The van der Waals surface area contributed by atoms with Crippen LogP contribution in [0.5, 0.6) is 11.5 Å². The summed E-state index contributed by atoms with van der Waals surface area (Å²) in [5.74, 6) is 1.98. The number of thioether (sulfide) groups is 1. The number of nitrogens with one attached hydrogen (secondary N) is 1. The lowest BCUT2D eigenvalue weighted by Crippen LogP contribution is -2.14. The van der Waals surface area contributed by atoms with E-state index in [-0.39, 0.29) is 11.7 Å². The van der Waals surface area contributed by atoms with Crippen LogP contribution in [0.15, 0.2) is 78.0 Å². The van der Waals surface area contributed by atoms with Crippen LogP contribution in [0.4, 0.5) is 5.69 Å². The third kappa shape index (κ3) is 5.52. The third-order valence-corrected chi connectivity index (χ3v) is 6.06. The van der Waals surface area contributed by atoms with E-state index in [4.69, 9.17) is 21.1 Å². The molecular weight excluding hydrogens is 472 g/mol. The topological polar surface area (TPSA) is 78.3 Å². The molecule has 7 nitrogen and oxygen atoms in total. The van der Waals surface area contributed by atoms with Gasteiger partial charge in [-0.15, -0.1) is 10.2 Å². The van der Waals surface area contributed by atoms with Crippen LogP contribution in [-0.2, 0) is 4.79 Å². The molecule has 0 fully saturated rings. The fraction of sp³-hybridized carbons (Fsp3) is 0.160. The summed E-state index contributed by atoms with van der Waals surface area (Å²) in [6.07, 6.45) is 0. The van der Waals surface area contributed by atoms with Gasteiger partial charge >= 0.3 is 0 Å². The molecule has 0 radical (unpaired) electrons. The van der Waals surface area contributed by atoms with Crippen molar-refractivity contribution < 1.29 is 14.3 Å². The van der Waals surface area contributed by atoms with Gasteiger partial charge in [-0.1, -0.05) is 53.7 Å². The number of rotatable bonds is 9. The number of carbonyl (C=O) groups is 1. The summed E-state index contributed by atoms with van der Waals surface area (Å²) >= 11 is 7.45. The zero-order valence-corrected chi connectivity index (χ0v) is 20.3. The minimum Gasteiger partial charge on any atom is -0.495 e. The molecule has 1 N–H and O–H groups in total. The molecule has 1 aromatic heterocycles. The molecule has 0 bridgehead atoms. The number of anilines is 1. The van der Waals surface area contributed by atoms with Gasteiger partial charge < -0.3 is 14.8 Å². The second kappa shape index (κ2) is 11.1.